The molecule has 0 fully saturated rings. The number of thioether (sulfide) groups is 1. The van der Waals surface area contributed by atoms with E-state index in [1.54, 1.807) is 23.1 Å². The number of carbonyl (C=O) groups is 1. The van der Waals surface area contributed by atoms with Crippen molar-refractivity contribution in [2.45, 2.75) is 31.6 Å². The van der Waals surface area contributed by atoms with Gasteiger partial charge in [0.25, 0.3) is 0 Å². The second-order valence-electron chi connectivity index (χ2n) is 6.45. The number of thiocarbonyl (C=S) groups is 1. The maximum absolute atomic E-state index is 12.8. The molecule has 0 N–H and O–H groups in total. The SMILES string of the molecule is CCN(CC)C(=S)SCC(=O)N1CCCc2cc(S(=O)(=O)N(C)C)ccc21. The summed E-state index contributed by atoms with van der Waals surface area (Å²) in [5.41, 5.74) is 1.70. The van der Waals surface area contributed by atoms with Crippen molar-refractivity contribution in [3.8, 4) is 0 Å². The molecular weight excluding hydrogens is 402 g/mol. The third-order valence-corrected chi connectivity index (χ3v) is 7.91. The molecule has 0 radical (unpaired) electrons. The largest absolute Gasteiger partial charge is 0.358 e. The minimum atomic E-state index is -3.48. The molecule has 1 aliphatic heterocycles. The van der Waals surface area contributed by atoms with E-state index in [9.17, 15) is 13.2 Å². The molecule has 6 nitrogen and oxygen atoms in total. The van der Waals surface area contributed by atoms with Crippen LogP contribution in [0.4, 0.5) is 5.69 Å². The summed E-state index contributed by atoms with van der Waals surface area (Å²) in [6.07, 6.45) is 1.58. The second-order valence-corrected chi connectivity index (χ2v) is 10.2. The number of carbonyl (C=O) groups excluding carboxylic acids is 1. The molecule has 0 saturated carbocycles. The molecule has 150 valence electrons. The van der Waals surface area contributed by atoms with Crippen molar-refractivity contribution in [1.29, 1.82) is 0 Å². The quantitative estimate of drug-likeness (QED) is 0.648. The Labute approximate surface area is 171 Å². The van der Waals surface area contributed by atoms with E-state index in [0.29, 0.717) is 6.54 Å². The maximum atomic E-state index is 12.8. The number of anilines is 1. The smallest absolute Gasteiger partial charge is 0.242 e. The summed E-state index contributed by atoms with van der Waals surface area (Å²) in [6, 6.07) is 5.02. The Morgan fingerprint density at radius 1 is 1.26 bits per heavy atom. The molecule has 0 spiro atoms. The lowest BCUT2D eigenvalue weighted by Gasteiger charge is -2.30. The van der Waals surface area contributed by atoms with Crippen LogP contribution in [0, 0.1) is 0 Å². The maximum Gasteiger partial charge on any atom is 0.242 e. The van der Waals surface area contributed by atoms with Crippen molar-refractivity contribution in [2.75, 3.05) is 44.4 Å². The summed E-state index contributed by atoms with van der Waals surface area (Å²) in [4.78, 5) is 16.8. The molecule has 1 heterocycles. The number of nitrogens with zero attached hydrogens (tertiary/aromatic N) is 3. The average Bonchev–Trinajstić information content (AvgIpc) is 2.65. The zero-order valence-corrected chi connectivity index (χ0v) is 18.7. The van der Waals surface area contributed by atoms with Gasteiger partial charge in [0.1, 0.15) is 4.32 Å². The predicted molar refractivity (Wildman–Crippen MR) is 116 cm³/mol. The summed E-state index contributed by atoms with van der Waals surface area (Å²) >= 11 is 6.79. The van der Waals surface area contributed by atoms with Gasteiger partial charge in [-0.15, -0.1) is 0 Å². The molecule has 1 aromatic rings. The molecule has 2 rings (SSSR count). The van der Waals surface area contributed by atoms with E-state index in [-0.39, 0.29) is 16.6 Å². The molecule has 0 saturated heterocycles. The number of hydrogen-bond acceptors (Lipinski definition) is 5. The van der Waals surface area contributed by atoms with Gasteiger partial charge < -0.3 is 9.80 Å². The number of benzene rings is 1. The first-order valence-corrected chi connectivity index (χ1v) is 11.8. The standard InChI is InChI=1S/C18H27N3O3S3/c1-5-20(6-2)18(25)26-13-17(22)21-11-7-8-14-12-15(9-10-16(14)21)27(23,24)19(3)4/h9-10,12H,5-8,11,13H2,1-4H3. The lowest BCUT2D eigenvalue weighted by Crippen LogP contribution is -2.37. The van der Waals surface area contributed by atoms with Gasteiger partial charge in [0.2, 0.25) is 15.9 Å². The van der Waals surface area contributed by atoms with E-state index in [4.69, 9.17) is 12.2 Å². The van der Waals surface area contributed by atoms with E-state index in [1.165, 1.54) is 30.2 Å². The van der Waals surface area contributed by atoms with Crippen LogP contribution in [0.1, 0.15) is 25.8 Å². The number of aryl methyl sites for hydroxylation is 1. The van der Waals surface area contributed by atoms with E-state index < -0.39 is 10.0 Å². The van der Waals surface area contributed by atoms with Crippen molar-refractivity contribution in [3.05, 3.63) is 23.8 Å². The van der Waals surface area contributed by atoms with Crippen molar-refractivity contribution >= 4 is 49.9 Å². The third-order valence-electron chi connectivity index (χ3n) is 4.59. The highest BCUT2D eigenvalue weighted by Gasteiger charge is 2.26. The van der Waals surface area contributed by atoms with Gasteiger partial charge in [-0.2, -0.15) is 0 Å². The van der Waals surface area contributed by atoms with Gasteiger partial charge in [-0.25, -0.2) is 12.7 Å². The van der Waals surface area contributed by atoms with Crippen LogP contribution < -0.4 is 4.90 Å². The molecule has 0 aromatic heterocycles. The molecular formula is C18H27N3O3S3. The van der Waals surface area contributed by atoms with Gasteiger partial charge in [-0.3, -0.25) is 4.79 Å². The molecule has 1 aliphatic rings. The van der Waals surface area contributed by atoms with Crippen molar-refractivity contribution in [1.82, 2.24) is 9.21 Å². The van der Waals surface area contributed by atoms with Gasteiger partial charge in [0.05, 0.1) is 10.6 Å². The topological polar surface area (TPSA) is 60.9 Å². The fourth-order valence-electron chi connectivity index (χ4n) is 2.98. The Bertz CT molecular complexity index is 805. The van der Waals surface area contributed by atoms with Gasteiger partial charge in [0.15, 0.2) is 0 Å². The minimum absolute atomic E-state index is 0.00123. The monoisotopic (exact) mass is 429 g/mol. The van der Waals surface area contributed by atoms with Gasteiger partial charge in [-0.1, -0.05) is 24.0 Å². The van der Waals surface area contributed by atoms with Crippen LogP contribution in [0.3, 0.4) is 0 Å². The summed E-state index contributed by atoms with van der Waals surface area (Å²) in [7, 11) is -0.453. The molecule has 0 atom stereocenters. The first-order valence-electron chi connectivity index (χ1n) is 8.99. The summed E-state index contributed by atoms with van der Waals surface area (Å²) in [5, 5.41) is 0. The van der Waals surface area contributed by atoms with Crippen LogP contribution in [0.5, 0.6) is 0 Å². The number of sulfonamides is 1. The lowest BCUT2D eigenvalue weighted by atomic mass is 10.0. The van der Waals surface area contributed by atoms with Gasteiger partial charge >= 0.3 is 0 Å². The lowest BCUT2D eigenvalue weighted by molar-refractivity contribution is -0.116. The molecule has 27 heavy (non-hydrogen) atoms. The first kappa shape index (κ1) is 22.1. The Hall–Kier alpha value is -1.16. The molecule has 0 unspecified atom stereocenters. The van der Waals surface area contributed by atoms with Crippen molar-refractivity contribution in [2.24, 2.45) is 0 Å². The van der Waals surface area contributed by atoms with E-state index in [1.807, 2.05) is 13.8 Å². The average molecular weight is 430 g/mol. The summed E-state index contributed by atoms with van der Waals surface area (Å²) < 4.78 is 26.6. The van der Waals surface area contributed by atoms with Crippen LogP contribution in [0.2, 0.25) is 0 Å². The number of fused-ring (bicyclic) bond motifs is 1. The first-order chi connectivity index (χ1) is 12.7. The van der Waals surface area contributed by atoms with Crippen LogP contribution in [-0.4, -0.2) is 67.3 Å². The Balaban J connectivity index is 2.16. The highest BCUT2D eigenvalue weighted by Crippen LogP contribution is 2.30. The summed E-state index contributed by atoms with van der Waals surface area (Å²) in [5.74, 6) is 0.283. The molecule has 9 heteroatoms. The Morgan fingerprint density at radius 3 is 2.52 bits per heavy atom. The molecule has 1 amide bonds. The van der Waals surface area contributed by atoms with E-state index in [0.717, 1.165) is 41.5 Å². The van der Waals surface area contributed by atoms with Crippen LogP contribution in [0.15, 0.2) is 23.1 Å². The summed E-state index contributed by atoms with van der Waals surface area (Å²) in [6.45, 7) is 6.37. The molecule has 0 aliphatic carbocycles. The molecule has 0 bridgehead atoms. The number of rotatable bonds is 6. The normalized spacial score (nSPS) is 14.2. The second kappa shape index (κ2) is 9.36. The minimum Gasteiger partial charge on any atom is -0.358 e. The van der Waals surface area contributed by atoms with Crippen molar-refractivity contribution < 1.29 is 13.2 Å². The Morgan fingerprint density at radius 2 is 1.93 bits per heavy atom. The number of hydrogen-bond donors (Lipinski definition) is 0. The fraction of sp³-hybridized carbons (Fsp3) is 0.556. The van der Waals surface area contributed by atoms with Crippen LogP contribution >= 0.6 is 24.0 Å². The van der Waals surface area contributed by atoms with Crippen molar-refractivity contribution in [3.63, 3.8) is 0 Å². The highest BCUT2D eigenvalue weighted by molar-refractivity contribution is 8.23. The van der Waals surface area contributed by atoms with E-state index >= 15 is 0 Å². The van der Waals surface area contributed by atoms with E-state index in [2.05, 4.69) is 4.90 Å². The fourth-order valence-corrected chi connectivity index (χ4v) is 5.21. The third kappa shape index (κ3) is 5.01. The molecule has 1 aromatic carbocycles. The number of amides is 1. The predicted octanol–water partition coefficient (Wildman–Crippen LogP) is 2.58. The highest BCUT2D eigenvalue weighted by atomic mass is 32.2. The van der Waals surface area contributed by atoms with Gasteiger partial charge in [-0.05, 0) is 50.5 Å². The zero-order chi connectivity index (χ0) is 20.2. The van der Waals surface area contributed by atoms with Gasteiger partial charge in [0, 0.05) is 39.4 Å². The van der Waals surface area contributed by atoms with Crippen LogP contribution in [0.25, 0.3) is 0 Å². The zero-order valence-electron chi connectivity index (χ0n) is 16.3. The Kier molecular flexibility index (Phi) is 7.67. The van der Waals surface area contributed by atoms with Crippen LogP contribution in [-0.2, 0) is 21.2 Å².